The van der Waals surface area contributed by atoms with Crippen LogP contribution in [0.25, 0.3) is 0 Å². The molecule has 1 aliphatic rings. The van der Waals surface area contributed by atoms with Gasteiger partial charge in [-0.1, -0.05) is 0 Å². The van der Waals surface area contributed by atoms with Crippen LogP contribution < -0.4 is 10.6 Å². The van der Waals surface area contributed by atoms with Crippen molar-refractivity contribution in [3.05, 3.63) is 18.3 Å². The van der Waals surface area contributed by atoms with E-state index in [1.807, 2.05) is 17.0 Å². The van der Waals surface area contributed by atoms with Crippen LogP contribution in [-0.2, 0) is 4.74 Å². The molecule has 0 amide bonds. The van der Waals surface area contributed by atoms with Gasteiger partial charge in [-0.05, 0) is 12.1 Å². The number of ether oxygens (including phenoxy) is 1. The topological polar surface area (TPSA) is 88.1 Å². The zero-order valence-electron chi connectivity index (χ0n) is 8.26. The average molecular weight is 207 g/mol. The average Bonchev–Trinajstić information content (AvgIpc) is 2.30. The molecular weight excluding hydrogens is 194 g/mol. The van der Waals surface area contributed by atoms with Crippen LogP contribution in [0.5, 0.6) is 0 Å². The predicted octanol–water partition coefficient (Wildman–Crippen LogP) is -0.382. The zero-order chi connectivity index (χ0) is 10.7. The molecule has 6 nitrogen and oxygen atoms in total. The Morgan fingerprint density at radius 3 is 3.20 bits per heavy atom. The van der Waals surface area contributed by atoms with Gasteiger partial charge in [-0.3, -0.25) is 5.41 Å². The third-order valence-corrected chi connectivity index (χ3v) is 2.30. The molecule has 0 saturated carbocycles. The quantitative estimate of drug-likeness (QED) is 0.509. The van der Waals surface area contributed by atoms with Crippen molar-refractivity contribution in [1.29, 1.82) is 5.41 Å². The maximum atomic E-state index is 7.33. The molecule has 2 heterocycles. The fourth-order valence-corrected chi connectivity index (χ4v) is 1.51. The second-order valence-electron chi connectivity index (χ2n) is 3.34. The molecule has 1 atom stereocenters. The second kappa shape index (κ2) is 4.22. The van der Waals surface area contributed by atoms with E-state index in [0.717, 1.165) is 12.4 Å². The molecule has 0 aromatic carbocycles. The Bertz CT molecular complexity index is 342. The molecule has 80 valence electrons. The van der Waals surface area contributed by atoms with E-state index in [9.17, 15) is 0 Å². The molecule has 3 N–H and O–H groups in total. The summed E-state index contributed by atoms with van der Waals surface area (Å²) in [5.74, 6) is 0.857. The molecule has 1 aromatic heterocycles. The van der Waals surface area contributed by atoms with Gasteiger partial charge in [0.25, 0.3) is 0 Å². The SMILES string of the molecule is N=C(N)C1CN(c2cccnn2)CCO1. The van der Waals surface area contributed by atoms with Gasteiger partial charge in [0.1, 0.15) is 11.9 Å². The highest BCUT2D eigenvalue weighted by atomic mass is 16.5. The van der Waals surface area contributed by atoms with Gasteiger partial charge < -0.3 is 15.4 Å². The number of hydrogen-bond donors (Lipinski definition) is 2. The summed E-state index contributed by atoms with van der Waals surface area (Å²) in [6.45, 7) is 1.87. The highest BCUT2D eigenvalue weighted by Gasteiger charge is 2.23. The molecule has 2 rings (SSSR count). The summed E-state index contributed by atoms with van der Waals surface area (Å²) in [5.41, 5.74) is 5.40. The Morgan fingerprint density at radius 1 is 1.67 bits per heavy atom. The lowest BCUT2D eigenvalue weighted by molar-refractivity contribution is 0.0822. The van der Waals surface area contributed by atoms with Crippen LogP contribution in [0.2, 0.25) is 0 Å². The maximum Gasteiger partial charge on any atom is 0.151 e. The lowest BCUT2D eigenvalue weighted by Gasteiger charge is -2.32. The first-order valence-corrected chi connectivity index (χ1v) is 4.75. The van der Waals surface area contributed by atoms with E-state index in [0.29, 0.717) is 13.2 Å². The third-order valence-electron chi connectivity index (χ3n) is 2.30. The molecule has 1 aromatic rings. The van der Waals surface area contributed by atoms with Gasteiger partial charge >= 0.3 is 0 Å². The van der Waals surface area contributed by atoms with Gasteiger partial charge in [0, 0.05) is 12.7 Å². The van der Waals surface area contributed by atoms with Crippen molar-refractivity contribution in [3.8, 4) is 0 Å². The van der Waals surface area contributed by atoms with Gasteiger partial charge in [-0.25, -0.2) is 0 Å². The van der Waals surface area contributed by atoms with E-state index < -0.39 is 0 Å². The van der Waals surface area contributed by atoms with E-state index in [1.165, 1.54) is 0 Å². The number of rotatable bonds is 2. The molecule has 1 saturated heterocycles. The number of aromatic nitrogens is 2. The van der Waals surface area contributed by atoms with Gasteiger partial charge in [-0.2, -0.15) is 5.10 Å². The van der Waals surface area contributed by atoms with Gasteiger partial charge in [0.05, 0.1) is 13.2 Å². The van der Waals surface area contributed by atoms with E-state index in [4.69, 9.17) is 15.9 Å². The standard InChI is InChI=1S/C9H13N5O/c10-9(11)7-6-14(4-5-15-7)8-2-1-3-12-13-8/h1-3,7H,4-6H2,(H3,10,11). The number of hydrogen-bond acceptors (Lipinski definition) is 5. The van der Waals surface area contributed by atoms with Gasteiger partial charge in [0.15, 0.2) is 5.82 Å². The van der Waals surface area contributed by atoms with Crippen molar-refractivity contribution in [2.24, 2.45) is 5.73 Å². The van der Waals surface area contributed by atoms with Crippen LogP contribution >= 0.6 is 0 Å². The van der Waals surface area contributed by atoms with Gasteiger partial charge in [0.2, 0.25) is 0 Å². The lowest BCUT2D eigenvalue weighted by atomic mass is 10.2. The van der Waals surface area contributed by atoms with E-state index in [1.54, 1.807) is 6.20 Å². The maximum absolute atomic E-state index is 7.33. The molecule has 6 heteroatoms. The van der Waals surface area contributed by atoms with Crippen LogP contribution in [-0.4, -0.2) is 41.8 Å². The number of morpholine rings is 1. The van der Waals surface area contributed by atoms with Gasteiger partial charge in [-0.15, -0.1) is 5.10 Å². The first-order valence-electron chi connectivity index (χ1n) is 4.75. The Hall–Kier alpha value is -1.69. The third kappa shape index (κ3) is 2.21. The minimum Gasteiger partial charge on any atom is -0.385 e. The summed E-state index contributed by atoms with van der Waals surface area (Å²) < 4.78 is 5.35. The Balaban J connectivity index is 2.08. The summed E-state index contributed by atoms with van der Waals surface area (Å²) in [7, 11) is 0. The number of nitrogens with zero attached hydrogens (tertiary/aromatic N) is 3. The minimum atomic E-state index is -0.333. The molecule has 1 unspecified atom stereocenters. The normalized spacial score (nSPS) is 21.3. The smallest absolute Gasteiger partial charge is 0.151 e. The summed E-state index contributed by atoms with van der Waals surface area (Å²) >= 11 is 0. The summed E-state index contributed by atoms with van der Waals surface area (Å²) in [6, 6.07) is 3.72. The van der Waals surface area contributed by atoms with Crippen LogP contribution in [0.4, 0.5) is 5.82 Å². The zero-order valence-corrected chi connectivity index (χ0v) is 8.26. The van der Waals surface area contributed by atoms with Crippen LogP contribution in [0, 0.1) is 5.41 Å². The monoisotopic (exact) mass is 207 g/mol. The van der Waals surface area contributed by atoms with Crippen molar-refractivity contribution >= 4 is 11.7 Å². The fourth-order valence-electron chi connectivity index (χ4n) is 1.51. The second-order valence-corrected chi connectivity index (χ2v) is 3.34. The number of nitrogens with one attached hydrogen (secondary N) is 1. The molecule has 0 bridgehead atoms. The van der Waals surface area contributed by atoms with Crippen molar-refractivity contribution in [2.75, 3.05) is 24.6 Å². The molecule has 1 aliphatic heterocycles. The molecule has 0 spiro atoms. The van der Waals surface area contributed by atoms with E-state index in [-0.39, 0.29) is 11.9 Å². The van der Waals surface area contributed by atoms with Crippen LogP contribution in [0.15, 0.2) is 18.3 Å². The molecule has 0 aliphatic carbocycles. The number of nitrogens with two attached hydrogens (primary N) is 1. The molecule has 15 heavy (non-hydrogen) atoms. The van der Waals surface area contributed by atoms with Crippen LogP contribution in [0.1, 0.15) is 0 Å². The first-order chi connectivity index (χ1) is 7.27. The largest absolute Gasteiger partial charge is 0.385 e. The highest BCUT2D eigenvalue weighted by molar-refractivity contribution is 5.82. The van der Waals surface area contributed by atoms with Crippen molar-refractivity contribution < 1.29 is 4.74 Å². The summed E-state index contributed by atoms with van der Waals surface area (Å²) in [5, 5.41) is 15.1. The Morgan fingerprint density at radius 2 is 2.53 bits per heavy atom. The first kappa shape index (κ1) is 9.85. The number of amidine groups is 1. The minimum absolute atomic E-state index is 0.0589. The van der Waals surface area contributed by atoms with E-state index in [2.05, 4.69) is 10.2 Å². The highest BCUT2D eigenvalue weighted by Crippen LogP contribution is 2.13. The molecular formula is C9H13N5O. The van der Waals surface area contributed by atoms with Crippen LogP contribution in [0.3, 0.4) is 0 Å². The Kier molecular flexibility index (Phi) is 2.77. The fraction of sp³-hybridized carbons (Fsp3) is 0.444. The number of anilines is 1. The van der Waals surface area contributed by atoms with E-state index >= 15 is 0 Å². The lowest BCUT2D eigenvalue weighted by Crippen LogP contribution is -2.48. The molecule has 1 fully saturated rings. The van der Waals surface area contributed by atoms with Crippen molar-refractivity contribution in [1.82, 2.24) is 10.2 Å². The predicted molar refractivity (Wildman–Crippen MR) is 55.9 cm³/mol. The summed E-state index contributed by atoms with van der Waals surface area (Å²) in [6.07, 6.45) is 1.30. The summed E-state index contributed by atoms with van der Waals surface area (Å²) in [4.78, 5) is 2.02. The van der Waals surface area contributed by atoms with Crippen molar-refractivity contribution in [3.63, 3.8) is 0 Å². The van der Waals surface area contributed by atoms with Crippen molar-refractivity contribution in [2.45, 2.75) is 6.10 Å². The Labute approximate surface area is 87.6 Å². The molecule has 0 radical (unpaired) electrons.